The van der Waals surface area contributed by atoms with Gasteiger partial charge < -0.3 is 4.57 Å². The van der Waals surface area contributed by atoms with Crippen molar-refractivity contribution in [2.45, 2.75) is 64.8 Å². The zero-order valence-corrected chi connectivity index (χ0v) is 23.6. The van der Waals surface area contributed by atoms with Crippen LogP contribution in [0.4, 0.5) is 0 Å². The Balaban J connectivity index is 1.42. The molecule has 0 spiro atoms. The first-order valence-electron chi connectivity index (χ1n) is 14.7. The Hall–Kier alpha value is -4.59. The molecule has 1 N–H and O–H groups in total. The Kier molecular flexibility index (Phi) is 6.66. The molecule has 1 fully saturated rings. The molecule has 7 rings (SSSR count). The van der Waals surface area contributed by atoms with Crippen LogP contribution in [0.5, 0.6) is 0 Å². The maximum Gasteiger partial charge on any atom is 0.180 e. The predicted molar refractivity (Wildman–Crippen MR) is 162 cm³/mol. The van der Waals surface area contributed by atoms with Gasteiger partial charge in [0.25, 0.3) is 0 Å². The number of tetrazole rings is 1. The number of rotatable bonds is 7. The maximum absolute atomic E-state index is 5.12. The van der Waals surface area contributed by atoms with Crippen LogP contribution in [0.15, 0.2) is 73.1 Å². The van der Waals surface area contributed by atoms with Gasteiger partial charge in [-0.15, -0.1) is 5.10 Å². The van der Waals surface area contributed by atoms with Crippen LogP contribution in [-0.4, -0.2) is 39.7 Å². The number of aromatic nitrogens is 8. The normalized spacial score (nSPS) is 14.2. The first-order valence-corrected chi connectivity index (χ1v) is 14.7. The molecule has 0 saturated heterocycles. The molecular formula is C33H34N8. The standard InChI is InChI=1S/C33H34N8/c1-3-10-30-35-27-17-15-24(33-34-19-20-40(33)25-13-8-5-9-14-25)21-29(27)41(30)28-18-16-26(23-11-6-4-7-12-23)31(22(28)2)32-36-38-39-37-32/h4,6-7,11-12,15-21,25H,3,5,8-10,13-14H2,1-2H3,(H,36,37,38,39). The molecule has 0 aliphatic heterocycles. The molecule has 3 aromatic heterocycles. The van der Waals surface area contributed by atoms with Gasteiger partial charge in [0.05, 0.1) is 16.7 Å². The summed E-state index contributed by atoms with van der Waals surface area (Å²) in [6.45, 7) is 4.36. The number of hydrogen-bond acceptors (Lipinski definition) is 5. The number of imidazole rings is 2. The first kappa shape index (κ1) is 25.4. The van der Waals surface area contributed by atoms with Gasteiger partial charge in [-0.3, -0.25) is 4.57 Å². The van der Waals surface area contributed by atoms with Gasteiger partial charge in [-0.1, -0.05) is 62.6 Å². The lowest BCUT2D eigenvalue weighted by Crippen LogP contribution is -2.13. The van der Waals surface area contributed by atoms with Crippen LogP contribution in [0.2, 0.25) is 0 Å². The van der Waals surface area contributed by atoms with Crippen LogP contribution in [0, 0.1) is 6.92 Å². The van der Waals surface area contributed by atoms with Gasteiger partial charge in [0.2, 0.25) is 0 Å². The number of nitrogens with zero attached hydrogens (tertiary/aromatic N) is 7. The summed E-state index contributed by atoms with van der Waals surface area (Å²) in [6.07, 6.45) is 12.3. The minimum absolute atomic E-state index is 0.517. The van der Waals surface area contributed by atoms with Crippen molar-refractivity contribution in [3.8, 4) is 39.6 Å². The quantitative estimate of drug-likeness (QED) is 0.226. The molecule has 0 unspecified atom stereocenters. The monoisotopic (exact) mass is 542 g/mol. The molecule has 1 aliphatic carbocycles. The largest absolute Gasteiger partial charge is 0.328 e. The van der Waals surface area contributed by atoms with E-state index in [0.29, 0.717) is 11.9 Å². The topological polar surface area (TPSA) is 90.1 Å². The molecule has 8 nitrogen and oxygen atoms in total. The fourth-order valence-corrected chi connectivity index (χ4v) is 6.49. The Morgan fingerprint density at radius 3 is 2.59 bits per heavy atom. The predicted octanol–water partition coefficient (Wildman–Crippen LogP) is 7.50. The maximum atomic E-state index is 5.12. The van der Waals surface area contributed by atoms with Crippen molar-refractivity contribution in [1.29, 1.82) is 0 Å². The molecule has 8 heteroatoms. The van der Waals surface area contributed by atoms with E-state index in [0.717, 1.165) is 69.0 Å². The second-order valence-electron chi connectivity index (χ2n) is 11.0. The molecule has 0 bridgehead atoms. The Labute approximate surface area is 239 Å². The number of H-pyrrole nitrogens is 1. The fraction of sp³-hybridized carbons (Fsp3) is 0.303. The zero-order chi connectivity index (χ0) is 27.8. The van der Waals surface area contributed by atoms with E-state index in [1.165, 1.54) is 32.1 Å². The summed E-state index contributed by atoms with van der Waals surface area (Å²) in [4.78, 5) is 9.95. The van der Waals surface area contributed by atoms with E-state index >= 15 is 0 Å². The molecule has 6 aromatic rings. The average molecular weight is 543 g/mol. The average Bonchev–Trinajstić information content (AvgIpc) is 3.78. The summed E-state index contributed by atoms with van der Waals surface area (Å²) in [5, 5.41) is 15.1. The molecule has 3 heterocycles. The third-order valence-corrected chi connectivity index (χ3v) is 8.44. The molecule has 3 aromatic carbocycles. The highest BCUT2D eigenvalue weighted by atomic mass is 15.5. The van der Waals surface area contributed by atoms with E-state index in [4.69, 9.17) is 9.97 Å². The minimum atomic E-state index is 0.517. The molecule has 41 heavy (non-hydrogen) atoms. The second kappa shape index (κ2) is 10.8. The second-order valence-corrected chi connectivity index (χ2v) is 11.0. The number of aryl methyl sites for hydroxylation is 1. The van der Waals surface area contributed by atoms with Gasteiger partial charge in [-0.25, -0.2) is 15.1 Å². The van der Waals surface area contributed by atoms with Crippen molar-refractivity contribution in [3.05, 3.63) is 84.4 Å². The number of hydrogen-bond donors (Lipinski definition) is 1. The van der Waals surface area contributed by atoms with E-state index in [2.05, 4.69) is 104 Å². The first-order chi connectivity index (χ1) is 20.2. The Morgan fingerprint density at radius 1 is 0.951 bits per heavy atom. The minimum Gasteiger partial charge on any atom is -0.328 e. The molecule has 0 atom stereocenters. The summed E-state index contributed by atoms with van der Waals surface area (Å²) in [5.74, 6) is 2.74. The van der Waals surface area contributed by atoms with Gasteiger partial charge in [0, 0.05) is 36.0 Å². The fourth-order valence-electron chi connectivity index (χ4n) is 6.49. The van der Waals surface area contributed by atoms with Crippen molar-refractivity contribution in [2.24, 2.45) is 0 Å². The molecule has 0 amide bonds. The van der Waals surface area contributed by atoms with Crippen LogP contribution in [0.3, 0.4) is 0 Å². The van der Waals surface area contributed by atoms with E-state index in [-0.39, 0.29) is 0 Å². The molecular weight excluding hydrogens is 508 g/mol. The van der Waals surface area contributed by atoms with Crippen LogP contribution in [-0.2, 0) is 6.42 Å². The molecule has 206 valence electrons. The molecule has 1 aliphatic rings. The summed E-state index contributed by atoms with van der Waals surface area (Å²) >= 11 is 0. The van der Waals surface area contributed by atoms with Crippen molar-refractivity contribution in [2.75, 3.05) is 0 Å². The molecule has 1 saturated carbocycles. The third-order valence-electron chi connectivity index (χ3n) is 8.44. The highest BCUT2D eigenvalue weighted by Crippen LogP contribution is 2.38. The Morgan fingerprint density at radius 2 is 1.80 bits per heavy atom. The van der Waals surface area contributed by atoms with E-state index < -0.39 is 0 Å². The number of nitrogens with one attached hydrogen (secondary N) is 1. The zero-order valence-electron chi connectivity index (χ0n) is 23.6. The Bertz CT molecular complexity index is 1790. The van der Waals surface area contributed by atoms with Gasteiger partial charge in [-0.05, 0) is 77.6 Å². The number of fused-ring (bicyclic) bond motifs is 1. The van der Waals surface area contributed by atoms with Crippen molar-refractivity contribution < 1.29 is 0 Å². The number of aromatic amines is 1. The van der Waals surface area contributed by atoms with Gasteiger partial charge >= 0.3 is 0 Å². The van der Waals surface area contributed by atoms with Crippen molar-refractivity contribution >= 4 is 11.0 Å². The van der Waals surface area contributed by atoms with Crippen molar-refractivity contribution in [1.82, 2.24) is 39.7 Å². The third kappa shape index (κ3) is 4.53. The van der Waals surface area contributed by atoms with E-state index in [9.17, 15) is 0 Å². The summed E-state index contributed by atoms with van der Waals surface area (Å²) in [7, 11) is 0. The lowest BCUT2D eigenvalue weighted by molar-refractivity contribution is 0.355. The SMILES string of the molecule is CCCc1nc2ccc(-c3nccn3C3CCCCC3)cc2n1-c1ccc(-c2ccccc2)c(-c2nnn[nH]2)c1C. The summed E-state index contributed by atoms with van der Waals surface area (Å²) < 4.78 is 4.72. The smallest absolute Gasteiger partial charge is 0.180 e. The lowest BCUT2D eigenvalue weighted by Gasteiger charge is -2.24. The highest BCUT2D eigenvalue weighted by Gasteiger charge is 2.22. The van der Waals surface area contributed by atoms with Crippen LogP contribution >= 0.6 is 0 Å². The molecule has 0 radical (unpaired) electrons. The van der Waals surface area contributed by atoms with Gasteiger partial charge in [0.15, 0.2) is 5.82 Å². The van der Waals surface area contributed by atoms with Gasteiger partial charge in [0.1, 0.15) is 11.6 Å². The van der Waals surface area contributed by atoms with Gasteiger partial charge in [-0.2, -0.15) is 0 Å². The summed E-state index contributed by atoms with van der Waals surface area (Å²) in [5.41, 5.74) is 8.56. The van der Waals surface area contributed by atoms with Crippen LogP contribution in [0.25, 0.3) is 50.6 Å². The van der Waals surface area contributed by atoms with Crippen molar-refractivity contribution in [3.63, 3.8) is 0 Å². The van der Waals surface area contributed by atoms with Crippen LogP contribution in [0.1, 0.15) is 62.9 Å². The van der Waals surface area contributed by atoms with Crippen LogP contribution < -0.4 is 0 Å². The van der Waals surface area contributed by atoms with E-state index in [1.807, 2.05) is 12.3 Å². The summed E-state index contributed by atoms with van der Waals surface area (Å²) in [6, 6.07) is 21.9. The van der Waals surface area contributed by atoms with E-state index in [1.54, 1.807) is 0 Å². The highest BCUT2D eigenvalue weighted by molar-refractivity contribution is 5.88. The lowest BCUT2D eigenvalue weighted by atomic mass is 9.94. The number of benzene rings is 3.